The molecule has 0 bridgehead atoms. The van der Waals surface area contributed by atoms with Crippen LogP contribution in [0.5, 0.6) is 0 Å². The van der Waals surface area contributed by atoms with Crippen molar-refractivity contribution in [3.05, 3.63) is 29.8 Å². The molecule has 0 aliphatic heterocycles. The van der Waals surface area contributed by atoms with Gasteiger partial charge in [0.05, 0.1) is 6.61 Å². The van der Waals surface area contributed by atoms with Gasteiger partial charge < -0.3 is 10.5 Å². The number of ether oxygens (including phenoxy) is 1. The van der Waals surface area contributed by atoms with Crippen LogP contribution in [-0.4, -0.2) is 12.6 Å². The van der Waals surface area contributed by atoms with E-state index in [0.717, 1.165) is 24.1 Å². The van der Waals surface area contributed by atoms with Crippen LogP contribution >= 0.6 is 0 Å². The standard InChI is InChI=1S/C15H23NO2/c1-3-4-12(2)11-18-15(17)10-7-13-5-8-14(16)9-6-13/h5-6,8-9,12H,3-4,7,10-11,16H2,1-2H3. The van der Waals surface area contributed by atoms with Gasteiger partial charge in [-0.15, -0.1) is 0 Å². The molecule has 1 atom stereocenters. The van der Waals surface area contributed by atoms with E-state index in [1.165, 1.54) is 0 Å². The molecular weight excluding hydrogens is 226 g/mol. The topological polar surface area (TPSA) is 52.3 Å². The Morgan fingerprint density at radius 2 is 2.00 bits per heavy atom. The lowest BCUT2D eigenvalue weighted by molar-refractivity contribution is -0.144. The minimum absolute atomic E-state index is 0.116. The number of anilines is 1. The number of hydrogen-bond acceptors (Lipinski definition) is 3. The van der Waals surface area contributed by atoms with E-state index in [1.807, 2.05) is 24.3 Å². The zero-order chi connectivity index (χ0) is 13.4. The van der Waals surface area contributed by atoms with Crippen LogP contribution in [0.1, 0.15) is 38.7 Å². The molecule has 1 unspecified atom stereocenters. The Hall–Kier alpha value is -1.51. The summed E-state index contributed by atoms with van der Waals surface area (Å²) in [6.07, 6.45) is 3.37. The molecule has 0 aliphatic rings. The lowest BCUT2D eigenvalue weighted by Gasteiger charge is -2.10. The van der Waals surface area contributed by atoms with Crippen LogP contribution in [0.2, 0.25) is 0 Å². The van der Waals surface area contributed by atoms with E-state index in [2.05, 4.69) is 13.8 Å². The Kier molecular flexibility index (Phi) is 6.26. The maximum Gasteiger partial charge on any atom is 0.306 e. The number of carbonyl (C=O) groups is 1. The quantitative estimate of drug-likeness (QED) is 0.596. The van der Waals surface area contributed by atoms with E-state index < -0.39 is 0 Å². The van der Waals surface area contributed by atoms with Gasteiger partial charge in [0, 0.05) is 12.1 Å². The van der Waals surface area contributed by atoms with Crippen LogP contribution in [0.15, 0.2) is 24.3 Å². The highest BCUT2D eigenvalue weighted by Gasteiger charge is 2.07. The molecule has 3 heteroatoms. The molecule has 0 aromatic heterocycles. The second-order valence-corrected chi connectivity index (χ2v) is 4.82. The number of nitrogens with two attached hydrogens (primary N) is 1. The Morgan fingerprint density at radius 3 is 2.61 bits per heavy atom. The van der Waals surface area contributed by atoms with E-state index in [4.69, 9.17) is 10.5 Å². The van der Waals surface area contributed by atoms with Crippen molar-refractivity contribution in [2.45, 2.75) is 39.5 Å². The fourth-order valence-electron chi connectivity index (χ4n) is 1.81. The summed E-state index contributed by atoms with van der Waals surface area (Å²) in [5, 5.41) is 0. The van der Waals surface area contributed by atoms with Crippen LogP contribution in [0.4, 0.5) is 5.69 Å². The predicted molar refractivity (Wildman–Crippen MR) is 74.2 cm³/mol. The molecule has 1 aromatic rings. The van der Waals surface area contributed by atoms with Crippen LogP contribution < -0.4 is 5.73 Å². The Morgan fingerprint density at radius 1 is 1.33 bits per heavy atom. The summed E-state index contributed by atoms with van der Waals surface area (Å²) in [4.78, 5) is 11.5. The first-order valence-electron chi connectivity index (χ1n) is 6.62. The molecule has 2 N–H and O–H groups in total. The van der Waals surface area contributed by atoms with Crippen LogP contribution in [-0.2, 0) is 16.0 Å². The van der Waals surface area contributed by atoms with Gasteiger partial charge in [-0.1, -0.05) is 32.4 Å². The van der Waals surface area contributed by atoms with E-state index in [1.54, 1.807) is 0 Å². The van der Waals surface area contributed by atoms with Crippen molar-refractivity contribution in [2.24, 2.45) is 5.92 Å². The van der Waals surface area contributed by atoms with Gasteiger partial charge in [0.2, 0.25) is 0 Å². The monoisotopic (exact) mass is 249 g/mol. The molecule has 0 aliphatic carbocycles. The van der Waals surface area contributed by atoms with Gasteiger partial charge in [-0.05, 0) is 36.5 Å². The third-order valence-corrected chi connectivity index (χ3v) is 2.91. The maximum atomic E-state index is 11.5. The fourth-order valence-corrected chi connectivity index (χ4v) is 1.81. The molecule has 1 rings (SSSR count). The van der Waals surface area contributed by atoms with Crippen molar-refractivity contribution in [1.82, 2.24) is 0 Å². The van der Waals surface area contributed by atoms with Crippen molar-refractivity contribution in [3.8, 4) is 0 Å². The average molecular weight is 249 g/mol. The van der Waals surface area contributed by atoms with Gasteiger partial charge in [-0.25, -0.2) is 0 Å². The highest BCUT2D eigenvalue weighted by atomic mass is 16.5. The van der Waals surface area contributed by atoms with Crippen molar-refractivity contribution in [3.63, 3.8) is 0 Å². The fraction of sp³-hybridized carbons (Fsp3) is 0.533. The van der Waals surface area contributed by atoms with Gasteiger partial charge in [0.1, 0.15) is 0 Å². The van der Waals surface area contributed by atoms with Crippen LogP contribution in [0.3, 0.4) is 0 Å². The number of aryl methyl sites for hydroxylation is 1. The molecule has 0 heterocycles. The molecule has 0 amide bonds. The van der Waals surface area contributed by atoms with E-state index in [9.17, 15) is 4.79 Å². The lowest BCUT2D eigenvalue weighted by Crippen LogP contribution is -2.12. The van der Waals surface area contributed by atoms with Gasteiger partial charge in [0.15, 0.2) is 0 Å². The van der Waals surface area contributed by atoms with E-state index in [-0.39, 0.29) is 5.97 Å². The van der Waals surface area contributed by atoms with Gasteiger partial charge in [-0.3, -0.25) is 4.79 Å². The maximum absolute atomic E-state index is 11.5. The molecule has 0 spiro atoms. The summed E-state index contributed by atoms with van der Waals surface area (Å²) < 4.78 is 5.24. The number of esters is 1. The largest absolute Gasteiger partial charge is 0.465 e. The summed E-state index contributed by atoms with van der Waals surface area (Å²) in [6, 6.07) is 7.60. The number of rotatable bonds is 7. The predicted octanol–water partition coefficient (Wildman–Crippen LogP) is 3.18. The molecule has 0 saturated carbocycles. The summed E-state index contributed by atoms with van der Waals surface area (Å²) in [6.45, 7) is 4.78. The molecule has 0 fully saturated rings. The number of carbonyl (C=O) groups excluding carboxylic acids is 1. The molecule has 0 saturated heterocycles. The first kappa shape index (κ1) is 14.6. The normalized spacial score (nSPS) is 12.1. The van der Waals surface area contributed by atoms with Crippen molar-refractivity contribution >= 4 is 11.7 Å². The summed E-state index contributed by atoms with van der Waals surface area (Å²) in [5.74, 6) is 0.338. The SMILES string of the molecule is CCCC(C)COC(=O)CCc1ccc(N)cc1. The molecule has 18 heavy (non-hydrogen) atoms. The lowest BCUT2D eigenvalue weighted by atomic mass is 10.1. The molecule has 1 aromatic carbocycles. The van der Waals surface area contributed by atoms with Gasteiger partial charge in [0.25, 0.3) is 0 Å². The summed E-state index contributed by atoms with van der Waals surface area (Å²) in [7, 11) is 0. The van der Waals surface area contributed by atoms with Crippen molar-refractivity contribution < 1.29 is 9.53 Å². The minimum Gasteiger partial charge on any atom is -0.465 e. The van der Waals surface area contributed by atoms with Crippen LogP contribution in [0, 0.1) is 5.92 Å². The first-order valence-corrected chi connectivity index (χ1v) is 6.62. The Balaban J connectivity index is 2.22. The average Bonchev–Trinajstić information content (AvgIpc) is 2.36. The first-order chi connectivity index (χ1) is 8.61. The molecule has 100 valence electrons. The van der Waals surface area contributed by atoms with E-state index >= 15 is 0 Å². The second-order valence-electron chi connectivity index (χ2n) is 4.82. The molecular formula is C15H23NO2. The van der Waals surface area contributed by atoms with E-state index in [0.29, 0.717) is 25.4 Å². The summed E-state index contributed by atoms with van der Waals surface area (Å²) in [5.41, 5.74) is 7.46. The van der Waals surface area contributed by atoms with Crippen molar-refractivity contribution in [2.75, 3.05) is 12.3 Å². The number of benzene rings is 1. The highest BCUT2D eigenvalue weighted by molar-refractivity contribution is 5.69. The van der Waals surface area contributed by atoms with Gasteiger partial charge in [-0.2, -0.15) is 0 Å². The molecule has 0 radical (unpaired) electrons. The third-order valence-electron chi connectivity index (χ3n) is 2.91. The zero-order valence-corrected chi connectivity index (χ0v) is 11.3. The Bertz CT molecular complexity index is 359. The summed E-state index contributed by atoms with van der Waals surface area (Å²) >= 11 is 0. The molecule has 3 nitrogen and oxygen atoms in total. The Labute approximate surface area is 109 Å². The van der Waals surface area contributed by atoms with Crippen molar-refractivity contribution in [1.29, 1.82) is 0 Å². The van der Waals surface area contributed by atoms with Crippen LogP contribution in [0.25, 0.3) is 0 Å². The zero-order valence-electron chi connectivity index (χ0n) is 11.3. The number of hydrogen-bond donors (Lipinski definition) is 1. The highest BCUT2D eigenvalue weighted by Crippen LogP contribution is 2.09. The smallest absolute Gasteiger partial charge is 0.306 e. The second kappa shape index (κ2) is 7.75. The third kappa shape index (κ3) is 5.71. The number of nitrogen functional groups attached to an aromatic ring is 1. The minimum atomic E-state index is -0.116. The van der Waals surface area contributed by atoms with Gasteiger partial charge >= 0.3 is 5.97 Å².